The number of halogens is 1. The molecule has 0 aromatic carbocycles. The van der Waals surface area contributed by atoms with Crippen LogP contribution in [-0.4, -0.2) is 67.6 Å². The zero-order valence-corrected chi connectivity index (χ0v) is 16.8. The molecule has 1 saturated heterocycles. The molecule has 1 heterocycles. The second-order valence-electron chi connectivity index (χ2n) is 6.22. The van der Waals surface area contributed by atoms with Gasteiger partial charge in [0, 0.05) is 38.3 Å². The molecule has 0 aromatic rings. The normalized spacial score (nSPS) is 13.8. The minimum atomic E-state index is -0.796. The smallest absolute Gasteiger partial charge is 0.333 e. The molecule has 1 fully saturated rings. The predicted molar refractivity (Wildman–Crippen MR) is 100 cm³/mol. The molecule has 0 spiro atoms. The topological polar surface area (TPSA) is 111 Å². The Hall–Kier alpha value is -1.71. The van der Waals surface area contributed by atoms with Gasteiger partial charge >= 0.3 is 5.97 Å². The second kappa shape index (κ2) is 15.2. The van der Waals surface area contributed by atoms with E-state index in [1.165, 1.54) is 0 Å². The average Bonchev–Trinajstić information content (AvgIpc) is 2.99. The van der Waals surface area contributed by atoms with Gasteiger partial charge in [0.1, 0.15) is 0 Å². The fourth-order valence-electron chi connectivity index (χ4n) is 2.35. The number of alkyl halides is 1. The molecule has 28 heavy (non-hydrogen) atoms. The van der Waals surface area contributed by atoms with Gasteiger partial charge in [-0.05, 0) is 12.8 Å². The highest BCUT2D eigenvalue weighted by atomic mass is 35.5. The van der Waals surface area contributed by atoms with E-state index in [0.717, 1.165) is 25.7 Å². The first kappa shape index (κ1) is 24.3. The monoisotopic (exact) mass is 420 g/mol. The van der Waals surface area contributed by atoms with Crippen molar-refractivity contribution in [1.29, 1.82) is 0 Å². The van der Waals surface area contributed by atoms with Gasteiger partial charge in [0.05, 0.1) is 26.2 Å². The van der Waals surface area contributed by atoms with Crippen molar-refractivity contribution in [2.24, 2.45) is 0 Å². The first-order chi connectivity index (χ1) is 13.5. The molecule has 160 valence electrons. The predicted octanol–water partition coefficient (Wildman–Crippen LogP) is 1.32. The largest absolute Gasteiger partial charge is 0.379 e. The van der Waals surface area contributed by atoms with E-state index in [9.17, 15) is 19.2 Å². The average molecular weight is 421 g/mol. The third-order valence-electron chi connectivity index (χ3n) is 3.87. The highest BCUT2D eigenvalue weighted by Gasteiger charge is 2.32. The molecule has 0 atom stereocenters. The van der Waals surface area contributed by atoms with Crippen LogP contribution >= 0.6 is 11.6 Å². The van der Waals surface area contributed by atoms with E-state index in [2.05, 4.69) is 10.2 Å². The number of nitrogens with zero attached hydrogens (tertiary/aromatic N) is 1. The van der Waals surface area contributed by atoms with E-state index in [1.54, 1.807) is 0 Å². The molecule has 0 bridgehead atoms. The lowest BCUT2D eigenvalue weighted by Gasteiger charge is -2.12. The lowest BCUT2D eigenvalue weighted by atomic mass is 10.2. The van der Waals surface area contributed by atoms with Gasteiger partial charge in [0.15, 0.2) is 0 Å². The Morgan fingerprint density at radius 2 is 1.54 bits per heavy atom. The Kier molecular flexibility index (Phi) is 13.2. The van der Waals surface area contributed by atoms with Crippen LogP contribution in [-0.2, 0) is 33.5 Å². The van der Waals surface area contributed by atoms with E-state index in [-0.39, 0.29) is 31.6 Å². The Balaban J connectivity index is 1.91. The number of carbonyl (C=O) groups excluding carboxylic acids is 4. The minimum absolute atomic E-state index is 0.0339. The van der Waals surface area contributed by atoms with Crippen LogP contribution in [0.1, 0.15) is 51.4 Å². The molecule has 1 rings (SSSR count). The van der Waals surface area contributed by atoms with Crippen molar-refractivity contribution in [2.45, 2.75) is 51.4 Å². The minimum Gasteiger partial charge on any atom is -0.379 e. The molecule has 1 aliphatic heterocycles. The SMILES string of the molecule is O=C(CCC(=O)ON1C(=O)CCC1=O)NCCOCCOCCCCCCCl. The Morgan fingerprint density at radius 3 is 2.21 bits per heavy atom. The van der Waals surface area contributed by atoms with Crippen molar-refractivity contribution in [3.05, 3.63) is 0 Å². The van der Waals surface area contributed by atoms with Gasteiger partial charge in [-0.2, -0.15) is 0 Å². The van der Waals surface area contributed by atoms with Crippen LogP contribution < -0.4 is 5.32 Å². The Morgan fingerprint density at radius 1 is 0.893 bits per heavy atom. The molecule has 0 radical (unpaired) electrons. The zero-order chi connectivity index (χ0) is 20.6. The van der Waals surface area contributed by atoms with Gasteiger partial charge in [0.2, 0.25) is 5.91 Å². The maximum atomic E-state index is 11.6. The first-order valence-corrected chi connectivity index (χ1v) is 10.1. The highest BCUT2D eigenvalue weighted by molar-refractivity contribution is 6.17. The van der Waals surface area contributed by atoms with Crippen LogP contribution in [0.4, 0.5) is 0 Å². The summed E-state index contributed by atoms with van der Waals surface area (Å²) in [6.45, 7) is 2.31. The van der Waals surface area contributed by atoms with E-state index in [0.29, 0.717) is 43.9 Å². The molecule has 9 nitrogen and oxygen atoms in total. The molecule has 1 aliphatic rings. The number of rotatable bonds is 16. The molecule has 0 aromatic heterocycles. The van der Waals surface area contributed by atoms with Gasteiger partial charge in [-0.1, -0.05) is 12.8 Å². The summed E-state index contributed by atoms with van der Waals surface area (Å²) in [6, 6.07) is 0. The van der Waals surface area contributed by atoms with Gasteiger partial charge in [0.25, 0.3) is 11.8 Å². The van der Waals surface area contributed by atoms with Gasteiger partial charge in [-0.3, -0.25) is 14.4 Å². The second-order valence-corrected chi connectivity index (χ2v) is 6.60. The number of nitrogens with one attached hydrogen (secondary N) is 1. The molecule has 0 aliphatic carbocycles. The van der Waals surface area contributed by atoms with Crippen molar-refractivity contribution in [3.8, 4) is 0 Å². The van der Waals surface area contributed by atoms with E-state index in [4.69, 9.17) is 21.1 Å². The molecule has 0 unspecified atom stereocenters. The maximum absolute atomic E-state index is 11.6. The molecule has 1 N–H and O–H groups in total. The number of hydrogen-bond acceptors (Lipinski definition) is 7. The number of unbranched alkanes of at least 4 members (excludes halogenated alkanes) is 3. The van der Waals surface area contributed by atoms with Gasteiger partial charge < -0.3 is 19.6 Å². The van der Waals surface area contributed by atoms with Crippen molar-refractivity contribution in [2.75, 3.05) is 38.9 Å². The highest BCUT2D eigenvalue weighted by Crippen LogP contribution is 2.12. The summed E-state index contributed by atoms with van der Waals surface area (Å²) < 4.78 is 10.8. The van der Waals surface area contributed by atoms with Gasteiger partial charge in [-0.15, -0.1) is 16.7 Å². The third kappa shape index (κ3) is 11.2. The van der Waals surface area contributed by atoms with Crippen LogP contribution in [0.5, 0.6) is 0 Å². The maximum Gasteiger partial charge on any atom is 0.333 e. The van der Waals surface area contributed by atoms with E-state index >= 15 is 0 Å². The number of hydroxylamine groups is 2. The summed E-state index contributed by atoms with van der Waals surface area (Å²) in [7, 11) is 0. The number of hydrogen-bond donors (Lipinski definition) is 1. The van der Waals surface area contributed by atoms with Gasteiger partial charge in [-0.25, -0.2) is 4.79 Å². The molecule has 3 amide bonds. The Labute approximate surface area is 169 Å². The van der Waals surface area contributed by atoms with Crippen molar-refractivity contribution in [1.82, 2.24) is 10.4 Å². The Bertz CT molecular complexity index is 500. The third-order valence-corrected chi connectivity index (χ3v) is 4.14. The summed E-state index contributed by atoms with van der Waals surface area (Å²) in [5, 5.41) is 3.08. The van der Waals surface area contributed by atoms with E-state index < -0.39 is 17.8 Å². The fraction of sp³-hybridized carbons (Fsp3) is 0.778. The standard InChI is InChI=1S/C18H29ClN2O7/c19-9-3-1-2-4-11-26-13-14-27-12-10-20-15(22)5-8-18(25)28-21-16(23)6-7-17(21)24/h1-14H2,(H,20,22). The fourth-order valence-corrected chi connectivity index (χ4v) is 2.54. The molecule has 0 saturated carbocycles. The number of ether oxygens (including phenoxy) is 2. The van der Waals surface area contributed by atoms with Crippen LogP contribution in [0.25, 0.3) is 0 Å². The summed E-state index contributed by atoms with van der Waals surface area (Å²) >= 11 is 5.60. The van der Waals surface area contributed by atoms with Crippen LogP contribution in [0.15, 0.2) is 0 Å². The molecule has 10 heteroatoms. The molecular weight excluding hydrogens is 392 g/mol. The van der Waals surface area contributed by atoms with Crippen LogP contribution in [0, 0.1) is 0 Å². The lowest BCUT2D eigenvalue weighted by Crippen LogP contribution is -2.33. The number of carbonyl (C=O) groups is 4. The summed E-state index contributed by atoms with van der Waals surface area (Å²) in [6.07, 6.45) is 4.03. The van der Waals surface area contributed by atoms with Crippen molar-refractivity contribution < 1.29 is 33.5 Å². The van der Waals surface area contributed by atoms with Crippen molar-refractivity contribution in [3.63, 3.8) is 0 Å². The number of imide groups is 1. The summed E-state index contributed by atoms with van der Waals surface area (Å²) in [4.78, 5) is 50.5. The summed E-state index contributed by atoms with van der Waals surface area (Å²) in [5.41, 5.74) is 0. The zero-order valence-electron chi connectivity index (χ0n) is 16.1. The van der Waals surface area contributed by atoms with Crippen LogP contribution in [0.3, 0.4) is 0 Å². The number of amides is 3. The lowest BCUT2D eigenvalue weighted by molar-refractivity contribution is -0.197. The quantitative estimate of drug-likeness (QED) is 0.228. The van der Waals surface area contributed by atoms with E-state index in [1.807, 2.05) is 0 Å². The first-order valence-electron chi connectivity index (χ1n) is 9.59. The molecular formula is C18H29ClN2O7. The van der Waals surface area contributed by atoms with Crippen LogP contribution in [0.2, 0.25) is 0 Å². The van der Waals surface area contributed by atoms with Crippen molar-refractivity contribution >= 4 is 35.3 Å². The summed E-state index contributed by atoms with van der Waals surface area (Å²) in [5.74, 6) is -1.52.